The summed E-state index contributed by atoms with van der Waals surface area (Å²) in [5.41, 5.74) is -1.46. The fourth-order valence-corrected chi connectivity index (χ4v) is 8.60. The lowest BCUT2D eigenvalue weighted by Crippen LogP contribution is -2.62. The standard InChI is InChI=1S/C29H37O9P/c1-27-13-11-20(30)15-19(27)9-10-21-22-12-14-29(24(32)17-37-39(34,35)36-3,28(22,2)16-23(31)25(21)27)38-26(33)18-7-5-4-6-8-18/h4-8,11,13,15,21-23,25-26,31,33H,9-10,12,14,16-17H2,1-3H3,(H,34,35)/t21-,22?,23-,25?,26+,27-,28-,29-/m0/s1. The number of phosphoric acid groups is 1. The number of aliphatic hydroxyl groups excluding tert-OH is 2. The molecule has 0 spiro atoms. The molecule has 9 nitrogen and oxygen atoms in total. The third kappa shape index (κ3) is 4.62. The maximum Gasteiger partial charge on any atom is 0.472 e. The summed E-state index contributed by atoms with van der Waals surface area (Å²) in [7, 11) is -3.43. The molecule has 5 rings (SSSR count). The van der Waals surface area contributed by atoms with Gasteiger partial charge in [-0.05, 0) is 56.1 Å². The summed E-state index contributed by atoms with van der Waals surface area (Å²) in [6.07, 6.45) is 5.50. The van der Waals surface area contributed by atoms with E-state index in [1.165, 1.54) is 0 Å². The van der Waals surface area contributed by atoms with E-state index in [1.54, 1.807) is 42.5 Å². The normalized spacial score (nSPS) is 39.6. The predicted molar refractivity (Wildman–Crippen MR) is 141 cm³/mol. The van der Waals surface area contributed by atoms with E-state index in [0.29, 0.717) is 18.4 Å². The highest BCUT2D eigenvalue weighted by Gasteiger charge is 2.69. The first kappa shape index (κ1) is 28.6. The number of benzene rings is 1. The van der Waals surface area contributed by atoms with Crippen LogP contribution >= 0.6 is 7.82 Å². The number of phosphoric ester groups is 1. The molecular formula is C29H37O9P. The Balaban J connectivity index is 1.52. The first-order chi connectivity index (χ1) is 18.4. The Morgan fingerprint density at radius 2 is 1.92 bits per heavy atom. The molecule has 212 valence electrons. The first-order valence-electron chi connectivity index (χ1n) is 13.5. The Morgan fingerprint density at radius 1 is 1.21 bits per heavy atom. The van der Waals surface area contributed by atoms with Gasteiger partial charge in [-0.25, -0.2) is 4.57 Å². The van der Waals surface area contributed by atoms with Gasteiger partial charge in [0.25, 0.3) is 0 Å². The van der Waals surface area contributed by atoms with E-state index in [1.807, 2.05) is 13.0 Å². The molecule has 4 aliphatic carbocycles. The SMILES string of the molecule is COP(=O)(O)OCC(=O)[C@@]1(O[C@@H](O)c2ccccc2)CCC2[C@@H]3CCC4=CC(=O)C=C[C@]4(C)C3[C@@H](O)C[C@@]21C. The van der Waals surface area contributed by atoms with Crippen molar-refractivity contribution in [2.75, 3.05) is 13.7 Å². The van der Waals surface area contributed by atoms with Crippen LogP contribution < -0.4 is 0 Å². The van der Waals surface area contributed by atoms with Crippen molar-refractivity contribution in [3.63, 3.8) is 0 Å². The van der Waals surface area contributed by atoms with Crippen LogP contribution in [0.5, 0.6) is 0 Å². The average molecular weight is 561 g/mol. The Bertz CT molecular complexity index is 1240. The minimum absolute atomic E-state index is 0.0365. The van der Waals surface area contributed by atoms with E-state index in [4.69, 9.17) is 9.26 Å². The molecule has 0 aromatic heterocycles. The van der Waals surface area contributed by atoms with Gasteiger partial charge in [-0.2, -0.15) is 0 Å². The van der Waals surface area contributed by atoms with Crippen molar-refractivity contribution in [1.29, 1.82) is 0 Å². The Labute approximate surface area is 228 Å². The van der Waals surface area contributed by atoms with E-state index in [9.17, 15) is 29.3 Å². The zero-order valence-corrected chi connectivity index (χ0v) is 23.4. The maximum atomic E-state index is 14.0. The summed E-state index contributed by atoms with van der Waals surface area (Å²) in [6.45, 7) is 3.25. The average Bonchev–Trinajstić information content (AvgIpc) is 3.20. The van der Waals surface area contributed by atoms with Crippen molar-refractivity contribution in [2.24, 2.45) is 28.6 Å². The van der Waals surface area contributed by atoms with Crippen LogP contribution in [0.2, 0.25) is 0 Å². The predicted octanol–water partition coefficient (Wildman–Crippen LogP) is 4.04. The third-order valence-electron chi connectivity index (χ3n) is 10.1. The minimum atomic E-state index is -4.44. The summed E-state index contributed by atoms with van der Waals surface area (Å²) in [6, 6.07) is 8.70. The molecule has 1 aromatic rings. The lowest BCUT2D eigenvalue weighted by Gasteiger charge is -2.60. The van der Waals surface area contributed by atoms with Crippen molar-refractivity contribution in [1.82, 2.24) is 0 Å². The number of ether oxygens (including phenoxy) is 1. The number of Topliss-reactive ketones (excluding diaryl/α,β-unsaturated/α-hetero) is 1. The summed E-state index contributed by atoms with van der Waals surface area (Å²) in [5, 5.41) is 22.9. The molecule has 9 atom stereocenters. The monoisotopic (exact) mass is 560 g/mol. The lowest BCUT2D eigenvalue weighted by molar-refractivity contribution is -0.243. The van der Waals surface area contributed by atoms with Crippen LogP contribution in [0.3, 0.4) is 0 Å². The molecule has 3 fully saturated rings. The maximum absolute atomic E-state index is 14.0. The molecule has 0 heterocycles. The summed E-state index contributed by atoms with van der Waals surface area (Å²) in [4.78, 5) is 35.9. The molecule has 0 aliphatic heterocycles. The smallest absolute Gasteiger partial charge is 0.393 e. The molecule has 10 heteroatoms. The highest BCUT2D eigenvalue weighted by Crippen LogP contribution is 2.68. The van der Waals surface area contributed by atoms with E-state index in [0.717, 1.165) is 19.1 Å². The second-order valence-electron chi connectivity index (χ2n) is 11.8. The number of hydrogen-bond donors (Lipinski definition) is 3. The van der Waals surface area contributed by atoms with Crippen LogP contribution in [-0.4, -0.2) is 52.1 Å². The van der Waals surface area contributed by atoms with Gasteiger partial charge in [-0.15, -0.1) is 0 Å². The molecule has 3 N–H and O–H groups in total. The topological polar surface area (TPSA) is 140 Å². The largest absolute Gasteiger partial charge is 0.472 e. The van der Waals surface area contributed by atoms with E-state index in [-0.39, 0.29) is 36.4 Å². The van der Waals surface area contributed by atoms with Gasteiger partial charge >= 0.3 is 7.82 Å². The van der Waals surface area contributed by atoms with Crippen LogP contribution in [0.4, 0.5) is 0 Å². The van der Waals surface area contributed by atoms with Gasteiger partial charge in [-0.3, -0.25) is 18.6 Å². The van der Waals surface area contributed by atoms with Crippen molar-refractivity contribution >= 4 is 19.4 Å². The van der Waals surface area contributed by atoms with Crippen molar-refractivity contribution in [3.05, 3.63) is 59.7 Å². The van der Waals surface area contributed by atoms with Crippen LogP contribution in [0.25, 0.3) is 0 Å². The Morgan fingerprint density at radius 3 is 2.62 bits per heavy atom. The number of rotatable bonds is 8. The van der Waals surface area contributed by atoms with Gasteiger partial charge in [0.05, 0.1) is 6.10 Å². The lowest BCUT2D eigenvalue weighted by atomic mass is 9.46. The van der Waals surface area contributed by atoms with E-state index < -0.39 is 49.0 Å². The first-order valence-corrected chi connectivity index (χ1v) is 15.0. The quantitative estimate of drug-likeness (QED) is 0.317. The summed E-state index contributed by atoms with van der Waals surface area (Å²) in [5.74, 6) is -0.764. The van der Waals surface area contributed by atoms with Gasteiger partial charge in [0.2, 0.25) is 0 Å². The fraction of sp³-hybridized carbons (Fsp3) is 0.586. The molecule has 0 bridgehead atoms. The number of carbonyl (C=O) groups excluding carboxylic acids is 2. The van der Waals surface area contributed by atoms with Crippen molar-refractivity contribution < 1.29 is 43.0 Å². The zero-order chi connectivity index (χ0) is 28.2. The van der Waals surface area contributed by atoms with E-state index in [2.05, 4.69) is 11.4 Å². The number of allylic oxidation sites excluding steroid dienone is 4. The summed E-state index contributed by atoms with van der Waals surface area (Å²) < 4.78 is 27.8. The molecule has 3 saturated carbocycles. The molecule has 0 radical (unpaired) electrons. The molecule has 4 aliphatic rings. The van der Waals surface area contributed by atoms with Gasteiger partial charge < -0.3 is 19.8 Å². The van der Waals surface area contributed by atoms with Crippen LogP contribution in [-0.2, 0) is 27.9 Å². The molecule has 0 saturated heterocycles. The highest BCUT2D eigenvalue weighted by atomic mass is 31.2. The molecular weight excluding hydrogens is 523 g/mol. The van der Waals surface area contributed by atoms with Crippen LogP contribution in [0, 0.1) is 28.6 Å². The van der Waals surface area contributed by atoms with Crippen molar-refractivity contribution in [2.45, 2.75) is 63.9 Å². The van der Waals surface area contributed by atoms with Crippen LogP contribution in [0.15, 0.2) is 54.1 Å². The van der Waals surface area contributed by atoms with Crippen molar-refractivity contribution in [3.8, 4) is 0 Å². The van der Waals surface area contributed by atoms with Gasteiger partial charge in [-0.1, -0.05) is 55.8 Å². The molecule has 39 heavy (non-hydrogen) atoms. The molecule has 3 unspecified atom stereocenters. The number of ketones is 2. The number of fused-ring (bicyclic) bond motifs is 5. The summed E-state index contributed by atoms with van der Waals surface area (Å²) >= 11 is 0. The third-order valence-corrected chi connectivity index (χ3v) is 11.0. The second-order valence-corrected chi connectivity index (χ2v) is 13.4. The Hall–Kier alpha value is -1.97. The number of carbonyl (C=O) groups is 2. The van der Waals surface area contributed by atoms with Gasteiger partial charge in [0.15, 0.2) is 17.9 Å². The van der Waals surface area contributed by atoms with E-state index >= 15 is 0 Å². The highest BCUT2D eigenvalue weighted by molar-refractivity contribution is 7.47. The van der Waals surface area contributed by atoms with Crippen LogP contribution in [0.1, 0.15) is 57.8 Å². The number of aliphatic hydroxyl groups is 2. The second kappa shape index (κ2) is 10.1. The van der Waals surface area contributed by atoms with Gasteiger partial charge in [0, 0.05) is 29.4 Å². The van der Waals surface area contributed by atoms with Gasteiger partial charge in [0.1, 0.15) is 12.2 Å². The molecule has 0 amide bonds. The fourth-order valence-electron chi connectivity index (χ4n) is 8.22. The number of hydrogen-bond acceptors (Lipinski definition) is 8. The minimum Gasteiger partial charge on any atom is -0.393 e. The zero-order valence-electron chi connectivity index (χ0n) is 22.5. The Kier molecular flexibility index (Phi) is 7.42. The molecule has 1 aromatic carbocycles.